The molecule has 0 saturated heterocycles. The minimum Gasteiger partial charge on any atom is -0.379 e. The van der Waals surface area contributed by atoms with Crippen LogP contribution in [0.4, 0.5) is 43.9 Å². The molecule has 71 heavy (non-hydrogen) atoms. The van der Waals surface area contributed by atoms with Crippen molar-refractivity contribution in [2.45, 2.75) is 70.9 Å². The van der Waals surface area contributed by atoms with E-state index in [-0.39, 0.29) is 78.6 Å². The fraction of sp³-hybridized carbons (Fsp3) is 0.365. The molecule has 1 amide bonds. The highest BCUT2D eigenvalue weighted by molar-refractivity contribution is 6.17. The lowest BCUT2D eigenvalue weighted by atomic mass is 10.00. The van der Waals surface area contributed by atoms with Gasteiger partial charge in [-0.15, -0.1) is 11.6 Å². The Balaban J connectivity index is 1.34. The van der Waals surface area contributed by atoms with Crippen LogP contribution in [-0.2, 0) is 60.2 Å². The SMILES string of the molecule is Cc1cc[n+](Cc2cc(F)cc(F)c2-c2ccc(C(F)(F)F)c[n+]2C)c(-c2cc(CCC(=O)NCCOCCOCCCCCCCl)cc[n+]2Cc2cc(F)cc(F)c2-c2ccc(C(F)(F)F)c[n+]2C)c1. The first kappa shape index (κ1) is 54.4. The number of benzene rings is 2. The zero-order valence-corrected chi connectivity index (χ0v) is 40.1. The molecular formula is C52H54ClF10N5O3+4. The van der Waals surface area contributed by atoms with E-state index in [0.717, 1.165) is 83.6 Å². The van der Waals surface area contributed by atoms with Crippen LogP contribution in [0.3, 0.4) is 0 Å². The Morgan fingerprint density at radius 2 is 1.11 bits per heavy atom. The normalized spacial score (nSPS) is 11.9. The average molecular weight is 1020 g/mol. The summed E-state index contributed by atoms with van der Waals surface area (Å²) in [5, 5.41) is 2.83. The summed E-state index contributed by atoms with van der Waals surface area (Å²) in [5.74, 6) is -3.59. The van der Waals surface area contributed by atoms with Crippen LogP contribution in [0.5, 0.6) is 0 Å². The lowest BCUT2D eigenvalue weighted by molar-refractivity contribution is -0.706. The lowest BCUT2D eigenvalue weighted by Crippen LogP contribution is -2.44. The molecule has 0 atom stereocenters. The summed E-state index contributed by atoms with van der Waals surface area (Å²) in [4.78, 5) is 13.0. The number of ether oxygens (including phenoxy) is 2. The molecule has 0 bridgehead atoms. The molecule has 0 radical (unpaired) electrons. The first-order valence-electron chi connectivity index (χ1n) is 22.8. The summed E-state index contributed by atoms with van der Waals surface area (Å²) in [5.41, 5.74) is -0.000352. The van der Waals surface area contributed by atoms with Crippen molar-refractivity contribution >= 4 is 17.5 Å². The quantitative estimate of drug-likeness (QED) is 0.0319. The number of hydrogen-bond acceptors (Lipinski definition) is 3. The average Bonchev–Trinajstić information content (AvgIpc) is 3.29. The molecule has 8 nitrogen and oxygen atoms in total. The topological polar surface area (TPSA) is 63.1 Å². The van der Waals surface area contributed by atoms with E-state index in [1.807, 2.05) is 0 Å². The Morgan fingerprint density at radius 3 is 1.63 bits per heavy atom. The van der Waals surface area contributed by atoms with Crippen LogP contribution in [0.25, 0.3) is 33.9 Å². The largest absolute Gasteiger partial charge is 0.422 e. The fourth-order valence-corrected chi connectivity index (χ4v) is 8.37. The summed E-state index contributed by atoms with van der Waals surface area (Å²) >= 11 is 5.70. The second kappa shape index (κ2) is 24.4. The predicted molar refractivity (Wildman–Crippen MR) is 243 cm³/mol. The smallest absolute Gasteiger partial charge is 0.379 e. The third-order valence-electron chi connectivity index (χ3n) is 11.7. The van der Waals surface area contributed by atoms with Crippen molar-refractivity contribution in [3.05, 3.63) is 154 Å². The van der Waals surface area contributed by atoms with Gasteiger partial charge < -0.3 is 14.8 Å². The Labute approximate surface area is 410 Å². The first-order valence-corrected chi connectivity index (χ1v) is 23.4. The molecule has 6 rings (SSSR count). The van der Waals surface area contributed by atoms with Crippen LogP contribution < -0.4 is 23.6 Å². The van der Waals surface area contributed by atoms with Gasteiger partial charge in [-0.2, -0.15) is 35.5 Å². The van der Waals surface area contributed by atoms with Gasteiger partial charge >= 0.3 is 12.4 Å². The molecule has 0 aliphatic heterocycles. The summed E-state index contributed by atoms with van der Waals surface area (Å²) in [6, 6.07) is 14.1. The molecular weight excluding hydrogens is 968 g/mol. The Hall–Kier alpha value is -5.98. The number of aromatic nitrogens is 4. The van der Waals surface area contributed by atoms with Crippen LogP contribution in [0.15, 0.2) is 97.6 Å². The van der Waals surface area contributed by atoms with Crippen molar-refractivity contribution in [2.75, 3.05) is 38.9 Å². The standard InChI is InChI=1S/C52H53ClF10N5O3/c1-34-14-18-67(30-36-26-40(54)28-42(56)49(36)44-11-9-38(32-65(44)2)51(58,59)60)46(24-34)47-25-35(8-13-48(69)64-17-21-71-23-22-70-20-7-5-4-6-16-53)15-19-68(47)31-37-27-41(55)29-43(57)50(37)45-12-10-39(33-66(45)3)52(61,62)63/h9-12,14-15,18-19,24-29,32-33H,4-8,13,16-17,20-23,30-31H2,1-3H3/q+3/p+1. The third-order valence-corrected chi connectivity index (χ3v) is 12.0. The van der Waals surface area contributed by atoms with E-state index in [0.29, 0.717) is 60.3 Å². The molecule has 4 aromatic heterocycles. The number of unbranched alkanes of at least 4 members (excludes halogenated alkanes) is 3. The number of nitrogens with zero attached hydrogens (tertiary/aromatic N) is 4. The van der Waals surface area contributed by atoms with Gasteiger partial charge in [-0.3, -0.25) is 4.79 Å². The summed E-state index contributed by atoms with van der Waals surface area (Å²) in [6.07, 6.45) is -0.259. The summed E-state index contributed by atoms with van der Waals surface area (Å²) in [7, 11) is 2.62. The molecule has 1 N–H and O–H groups in total. The van der Waals surface area contributed by atoms with Gasteiger partial charge in [-0.1, -0.05) is 12.8 Å². The number of pyridine rings is 4. The highest BCUT2D eigenvalue weighted by Gasteiger charge is 2.37. The molecule has 4 heterocycles. The van der Waals surface area contributed by atoms with Crippen molar-refractivity contribution in [3.63, 3.8) is 0 Å². The van der Waals surface area contributed by atoms with Crippen LogP contribution in [0.1, 0.15) is 65.5 Å². The lowest BCUT2D eigenvalue weighted by Gasteiger charge is -2.13. The molecule has 2 aromatic carbocycles. The number of amides is 1. The molecule has 378 valence electrons. The molecule has 0 aliphatic rings. The maximum absolute atomic E-state index is 16.0. The highest BCUT2D eigenvalue weighted by Crippen LogP contribution is 2.33. The van der Waals surface area contributed by atoms with Crippen LogP contribution in [0.2, 0.25) is 0 Å². The van der Waals surface area contributed by atoms with E-state index in [2.05, 4.69) is 5.32 Å². The number of halogens is 11. The molecule has 0 spiro atoms. The van der Waals surface area contributed by atoms with Gasteiger partial charge in [0, 0.05) is 85.1 Å². The predicted octanol–water partition coefficient (Wildman–Crippen LogP) is 9.79. The number of hydrogen-bond donors (Lipinski definition) is 1. The highest BCUT2D eigenvalue weighted by atomic mass is 35.5. The third kappa shape index (κ3) is 14.8. The molecule has 0 saturated carbocycles. The molecule has 0 unspecified atom stereocenters. The minimum atomic E-state index is -4.70. The molecule has 0 fully saturated rings. The van der Waals surface area contributed by atoms with Crippen molar-refractivity contribution in [1.82, 2.24) is 5.32 Å². The van der Waals surface area contributed by atoms with Gasteiger partial charge in [-0.25, -0.2) is 26.7 Å². The summed E-state index contributed by atoms with van der Waals surface area (Å²) in [6.45, 7) is 3.20. The monoisotopic (exact) mass is 1020 g/mol. The van der Waals surface area contributed by atoms with E-state index < -0.39 is 46.7 Å². The minimum absolute atomic E-state index is 0.0150. The van der Waals surface area contributed by atoms with Crippen LogP contribution >= 0.6 is 11.6 Å². The number of aryl methyl sites for hydroxylation is 4. The van der Waals surface area contributed by atoms with E-state index in [1.165, 1.54) is 14.1 Å². The van der Waals surface area contributed by atoms with Gasteiger partial charge in [-0.05, 0) is 61.6 Å². The van der Waals surface area contributed by atoms with Crippen molar-refractivity contribution in [1.29, 1.82) is 0 Å². The van der Waals surface area contributed by atoms with Gasteiger partial charge in [0.05, 0.1) is 30.9 Å². The maximum atomic E-state index is 16.0. The Morgan fingerprint density at radius 1 is 0.606 bits per heavy atom. The zero-order valence-electron chi connectivity index (χ0n) is 39.3. The van der Waals surface area contributed by atoms with Gasteiger partial charge in [0.2, 0.25) is 17.3 Å². The van der Waals surface area contributed by atoms with Gasteiger partial charge in [0.1, 0.15) is 48.5 Å². The molecule has 6 aromatic rings. The van der Waals surface area contributed by atoms with E-state index >= 15 is 17.6 Å². The van der Waals surface area contributed by atoms with Crippen LogP contribution in [-0.4, -0.2) is 44.8 Å². The fourth-order valence-electron chi connectivity index (χ4n) is 8.18. The number of alkyl halides is 7. The Bertz CT molecular complexity index is 2820. The van der Waals surface area contributed by atoms with Crippen molar-refractivity contribution < 1.29 is 76.4 Å². The van der Waals surface area contributed by atoms with Crippen LogP contribution in [0, 0.1) is 30.2 Å². The number of rotatable bonds is 22. The maximum Gasteiger partial charge on any atom is 0.422 e. The summed E-state index contributed by atoms with van der Waals surface area (Å²) < 4.78 is 161. The van der Waals surface area contributed by atoms with Gasteiger partial charge in [0.25, 0.3) is 11.4 Å². The van der Waals surface area contributed by atoms with Crippen molar-refractivity contribution in [3.8, 4) is 33.9 Å². The molecule has 19 heteroatoms. The first-order chi connectivity index (χ1) is 33.7. The second-order valence-corrected chi connectivity index (χ2v) is 17.5. The van der Waals surface area contributed by atoms with E-state index in [9.17, 15) is 31.1 Å². The van der Waals surface area contributed by atoms with E-state index in [1.54, 1.807) is 52.7 Å². The Kier molecular flexibility index (Phi) is 18.7. The number of nitrogens with one attached hydrogen (secondary N) is 1. The van der Waals surface area contributed by atoms with E-state index in [4.69, 9.17) is 21.1 Å². The molecule has 0 aliphatic carbocycles. The van der Waals surface area contributed by atoms with Crippen molar-refractivity contribution in [2.24, 2.45) is 14.1 Å². The second-order valence-electron chi connectivity index (χ2n) is 17.1. The number of carbonyl (C=O) groups excluding carboxylic acids is 1. The number of carbonyl (C=O) groups is 1. The van der Waals surface area contributed by atoms with Gasteiger partial charge in [0.15, 0.2) is 37.9 Å². The zero-order chi connectivity index (χ0) is 51.5.